The van der Waals surface area contributed by atoms with Gasteiger partial charge >= 0.3 is 0 Å². The Morgan fingerprint density at radius 2 is 1.75 bits per heavy atom. The molecule has 0 aliphatic carbocycles. The van der Waals surface area contributed by atoms with Gasteiger partial charge in [0, 0.05) is 11.9 Å². The van der Waals surface area contributed by atoms with Crippen LogP contribution in [0, 0.1) is 6.92 Å². The van der Waals surface area contributed by atoms with E-state index in [1.165, 1.54) is 6.92 Å². The molecule has 0 bridgehead atoms. The van der Waals surface area contributed by atoms with E-state index in [9.17, 15) is 9.59 Å². The molecule has 0 aromatic heterocycles. The third kappa shape index (κ3) is 5.25. The number of carbonyl (C=O) groups is 2. The summed E-state index contributed by atoms with van der Waals surface area (Å²) in [7, 11) is 0. The standard InChI is InChI=1S/C18H18Cl2N2O2/c1-11-3-5-13(6-4-11)16(21-12(2)23)10-18(24)22-17-9-14(19)7-8-15(17)20/h3-9,16H,10H2,1-2H3,(H,21,23)(H,22,24). The van der Waals surface area contributed by atoms with Gasteiger partial charge in [0.05, 0.1) is 23.2 Å². The summed E-state index contributed by atoms with van der Waals surface area (Å²) >= 11 is 12.0. The lowest BCUT2D eigenvalue weighted by molar-refractivity contribution is -0.120. The highest BCUT2D eigenvalue weighted by atomic mass is 35.5. The zero-order chi connectivity index (χ0) is 17.7. The third-order valence-electron chi connectivity index (χ3n) is 3.45. The summed E-state index contributed by atoms with van der Waals surface area (Å²) < 4.78 is 0. The van der Waals surface area contributed by atoms with Gasteiger partial charge in [0.2, 0.25) is 11.8 Å². The Bertz CT molecular complexity index is 745. The highest BCUT2D eigenvalue weighted by Gasteiger charge is 2.18. The van der Waals surface area contributed by atoms with Crippen molar-refractivity contribution in [2.24, 2.45) is 0 Å². The normalized spacial score (nSPS) is 11.7. The topological polar surface area (TPSA) is 58.2 Å². The van der Waals surface area contributed by atoms with E-state index >= 15 is 0 Å². The van der Waals surface area contributed by atoms with Crippen molar-refractivity contribution in [2.45, 2.75) is 26.3 Å². The fraction of sp³-hybridized carbons (Fsp3) is 0.222. The lowest BCUT2D eigenvalue weighted by atomic mass is 10.0. The molecule has 6 heteroatoms. The highest BCUT2D eigenvalue weighted by molar-refractivity contribution is 6.35. The molecule has 126 valence electrons. The van der Waals surface area contributed by atoms with Crippen LogP contribution in [0.25, 0.3) is 0 Å². The van der Waals surface area contributed by atoms with Crippen LogP contribution in [0.5, 0.6) is 0 Å². The smallest absolute Gasteiger partial charge is 0.226 e. The summed E-state index contributed by atoms with van der Waals surface area (Å²) in [6, 6.07) is 12.1. The number of halogens is 2. The monoisotopic (exact) mass is 364 g/mol. The van der Waals surface area contributed by atoms with Crippen LogP contribution in [-0.4, -0.2) is 11.8 Å². The summed E-state index contributed by atoms with van der Waals surface area (Å²) in [6.45, 7) is 3.40. The van der Waals surface area contributed by atoms with Crippen LogP contribution in [0.1, 0.15) is 30.5 Å². The van der Waals surface area contributed by atoms with Gasteiger partial charge in [0.15, 0.2) is 0 Å². The van der Waals surface area contributed by atoms with Crippen molar-refractivity contribution in [1.29, 1.82) is 0 Å². The fourth-order valence-electron chi connectivity index (χ4n) is 2.28. The summed E-state index contributed by atoms with van der Waals surface area (Å²) in [4.78, 5) is 23.8. The van der Waals surface area contributed by atoms with E-state index in [-0.39, 0.29) is 18.2 Å². The number of rotatable bonds is 5. The van der Waals surface area contributed by atoms with Crippen molar-refractivity contribution in [2.75, 3.05) is 5.32 Å². The van der Waals surface area contributed by atoms with E-state index in [1.54, 1.807) is 18.2 Å². The van der Waals surface area contributed by atoms with E-state index in [1.807, 2.05) is 31.2 Å². The second kappa shape index (κ2) is 8.18. The van der Waals surface area contributed by atoms with Crippen LogP contribution in [0.3, 0.4) is 0 Å². The molecule has 0 spiro atoms. The van der Waals surface area contributed by atoms with Crippen molar-refractivity contribution in [3.05, 3.63) is 63.6 Å². The average Bonchev–Trinajstić information content (AvgIpc) is 2.50. The lowest BCUT2D eigenvalue weighted by Gasteiger charge is -2.18. The average molecular weight is 365 g/mol. The zero-order valence-electron chi connectivity index (χ0n) is 13.4. The second-order valence-corrected chi connectivity index (χ2v) is 6.38. The number of nitrogens with one attached hydrogen (secondary N) is 2. The molecule has 0 fully saturated rings. The molecule has 1 unspecified atom stereocenters. The van der Waals surface area contributed by atoms with Gasteiger partial charge in [-0.2, -0.15) is 0 Å². The first-order valence-corrected chi connectivity index (χ1v) is 8.19. The van der Waals surface area contributed by atoms with Crippen molar-refractivity contribution >= 4 is 40.7 Å². The molecule has 0 saturated heterocycles. The number of amides is 2. The number of anilines is 1. The molecule has 24 heavy (non-hydrogen) atoms. The van der Waals surface area contributed by atoms with Crippen LogP contribution >= 0.6 is 23.2 Å². The quantitative estimate of drug-likeness (QED) is 0.819. The maximum Gasteiger partial charge on any atom is 0.226 e. The van der Waals surface area contributed by atoms with Crippen LogP contribution in [0.2, 0.25) is 10.0 Å². The number of hydrogen-bond acceptors (Lipinski definition) is 2. The molecule has 2 amide bonds. The van der Waals surface area contributed by atoms with Gasteiger partial charge in [0.1, 0.15) is 0 Å². The predicted molar refractivity (Wildman–Crippen MR) is 97.4 cm³/mol. The minimum atomic E-state index is -0.416. The maximum atomic E-state index is 12.3. The molecular formula is C18H18Cl2N2O2. The van der Waals surface area contributed by atoms with Gasteiger partial charge in [-0.25, -0.2) is 0 Å². The molecule has 2 N–H and O–H groups in total. The first-order chi connectivity index (χ1) is 11.3. The van der Waals surface area contributed by atoms with Crippen LogP contribution in [0.4, 0.5) is 5.69 Å². The van der Waals surface area contributed by atoms with Gasteiger partial charge < -0.3 is 10.6 Å². The molecule has 0 aliphatic rings. The number of aryl methyl sites for hydroxylation is 1. The second-order valence-electron chi connectivity index (χ2n) is 5.54. The molecule has 0 radical (unpaired) electrons. The first kappa shape index (κ1) is 18.3. The summed E-state index contributed by atoms with van der Waals surface area (Å²) in [5.41, 5.74) is 2.42. The van der Waals surface area contributed by atoms with Crippen LogP contribution in [0.15, 0.2) is 42.5 Å². The fourth-order valence-corrected chi connectivity index (χ4v) is 2.61. The number of carbonyl (C=O) groups excluding carboxylic acids is 2. The predicted octanol–water partition coefficient (Wildman–Crippen LogP) is 4.51. The van der Waals surface area contributed by atoms with E-state index in [2.05, 4.69) is 10.6 Å². The summed E-state index contributed by atoms with van der Waals surface area (Å²) in [5, 5.41) is 6.41. The van der Waals surface area contributed by atoms with Crippen molar-refractivity contribution in [3.63, 3.8) is 0 Å². The van der Waals surface area contributed by atoms with Gasteiger partial charge in [-0.15, -0.1) is 0 Å². The first-order valence-electron chi connectivity index (χ1n) is 7.43. The Morgan fingerprint density at radius 1 is 1.08 bits per heavy atom. The van der Waals surface area contributed by atoms with Gasteiger partial charge in [-0.1, -0.05) is 53.0 Å². The Kier molecular flexibility index (Phi) is 6.23. The Hall–Kier alpha value is -2.04. The minimum absolute atomic E-state index is 0.0888. The molecule has 2 rings (SSSR count). The van der Waals surface area contributed by atoms with Gasteiger partial charge in [0.25, 0.3) is 0 Å². The maximum absolute atomic E-state index is 12.3. The Morgan fingerprint density at radius 3 is 2.38 bits per heavy atom. The van der Waals surface area contributed by atoms with E-state index < -0.39 is 6.04 Å². The zero-order valence-corrected chi connectivity index (χ0v) is 14.9. The molecule has 0 aliphatic heterocycles. The molecular weight excluding hydrogens is 347 g/mol. The highest BCUT2D eigenvalue weighted by Crippen LogP contribution is 2.26. The summed E-state index contributed by atoms with van der Waals surface area (Å²) in [6.07, 6.45) is 0.0888. The molecule has 4 nitrogen and oxygen atoms in total. The van der Waals surface area contributed by atoms with E-state index in [4.69, 9.17) is 23.2 Å². The largest absolute Gasteiger partial charge is 0.349 e. The molecule has 0 heterocycles. The van der Waals surface area contributed by atoms with E-state index in [0.717, 1.165) is 11.1 Å². The lowest BCUT2D eigenvalue weighted by Crippen LogP contribution is -2.29. The van der Waals surface area contributed by atoms with Crippen molar-refractivity contribution in [1.82, 2.24) is 5.32 Å². The Labute approximate surface area is 151 Å². The van der Waals surface area contributed by atoms with Gasteiger partial charge in [-0.05, 0) is 30.7 Å². The number of hydrogen-bond donors (Lipinski definition) is 2. The summed E-state index contributed by atoms with van der Waals surface area (Å²) in [5.74, 6) is -0.465. The molecule has 0 saturated carbocycles. The Balaban J connectivity index is 2.13. The van der Waals surface area contributed by atoms with Crippen molar-refractivity contribution < 1.29 is 9.59 Å². The van der Waals surface area contributed by atoms with E-state index in [0.29, 0.717) is 15.7 Å². The van der Waals surface area contributed by atoms with Crippen LogP contribution in [-0.2, 0) is 9.59 Å². The SMILES string of the molecule is CC(=O)NC(CC(=O)Nc1cc(Cl)ccc1Cl)c1ccc(C)cc1. The van der Waals surface area contributed by atoms with Gasteiger partial charge in [-0.3, -0.25) is 9.59 Å². The van der Waals surface area contributed by atoms with Crippen LogP contribution < -0.4 is 10.6 Å². The molecule has 2 aromatic carbocycles. The molecule has 2 aromatic rings. The third-order valence-corrected chi connectivity index (χ3v) is 4.01. The van der Waals surface area contributed by atoms with Crippen molar-refractivity contribution in [3.8, 4) is 0 Å². The minimum Gasteiger partial charge on any atom is -0.349 e. The molecule has 1 atom stereocenters. The number of benzene rings is 2.